The summed E-state index contributed by atoms with van der Waals surface area (Å²) in [5.74, 6) is 0.124. The van der Waals surface area contributed by atoms with Gasteiger partial charge in [0.1, 0.15) is 17.3 Å². The number of ether oxygens (including phenoxy) is 2. The van der Waals surface area contributed by atoms with E-state index in [1.165, 1.54) is 19.2 Å². The average molecular weight is 439 g/mol. The molecule has 1 aliphatic rings. The van der Waals surface area contributed by atoms with E-state index in [2.05, 4.69) is 15.3 Å². The molecule has 2 atom stereocenters. The van der Waals surface area contributed by atoms with Crippen molar-refractivity contribution in [3.63, 3.8) is 0 Å². The molecule has 0 radical (unpaired) electrons. The van der Waals surface area contributed by atoms with Gasteiger partial charge in [-0.1, -0.05) is 18.6 Å². The second kappa shape index (κ2) is 9.72. The van der Waals surface area contributed by atoms with Gasteiger partial charge in [0.15, 0.2) is 11.6 Å². The molecule has 0 bridgehead atoms. The van der Waals surface area contributed by atoms with Gasteiger partial charge in [0.05, 0.1) is 31.7 Å². The van der Waals surface area contributed by atoms with Crippen LogP contribution in [0.4, 0.5) is 8.78 Å². The van der Waals surface area contributed by atoms with Gasteiger partial charge < -0.3 is 14.8 Å². The number of carbonyl (C=O) groups is 1. The van der Waals surface area contributed by atoms with E-state index in [-0.39, 0.29) is 29.5 Å². The quantitative estimate of drug-likeness (QED) is 0.591. The molecule has 0 aliphatic heterocycles. The largest absolute Gasteiger partial charge is 0.496 e. The molecule has 2 aromatic carbocycles. The molecule has 4 rings (SSSR count). The van der Waals surface area contributed by atoms with Crippen LogP contribution in [0.5, 0.6) is 11.5 Å². The number of carbonyl (C=O) groups excluding carboxylic acids is 1. The van der Waals surface area contributed by atoms with Crippen LogP contribution in [0.3, 0.4) is 0 Å². The summed E-state index contributed by atoms with van der Waals surface area (Å²) < 4.78 is 37.6. The van der Waals surface area contributed by atoms with Crippen LogP contribution >= 0.6 is 0 Å². The van der Waals surface area contributed by atoms with Gasteiger partial charge in [-0.2, -0.15) is 0 Å². The normalized spacial score (nSPS) is 17.7. The molecule has 1 N–H and O–H groups in total. The highest BCUT2D eigenvalue weighted by Crippen LogP contribution is 2.31. The van der Waals surface area contributed by atoms with E-state index in [9.17, 15) is 13.6 Å². The van der Waals surface area contributed by atoms with E-state index in [1.54, 1.807) is 30.3 Å². The van der Waals surface area contributed by atoms with E-state index in [0.717, 1.165) is 31.7 Å². The fourth-order valence-electron chi connectivity index (χ4n) is 3.97. The van der Waals surface area contributed by atoms with Crippen molar-refractivity contribution in [2.75, 3.05) is 13.7 Å². The van der Waals surface area contributed by atoms with Crippen LogP contribution in [-0.4, -0.2) is 35.6 Å². The molecule has 1 saturated carbocycles. The molecule has 6 nitrogen and oxygen atoms in total. The number of benzene rings is 2. The smallest absolute Gasteiger partial charge is 0.256 e. The van der Waals surface area contributed by atoms with Crippen molar-refractivity contribution in [1.29, 1.82) is 0 Å². The van der Waals surface area contributed by atoms with Crippen LogP contribution in [0.2, 0.25) is 0 Å². The number of rotatable bonds is 7. The van der Waals surface area contributed by atoms with Gasteiger partial charge in [0, 0.05) is 17.5 Å². The highest BCUT2D eigenvalue weighted by Gasteiger charge is 2.31. The Bertz CT molecular complexity index is 1070. The van der Waals surface area contributed by atoms with Crippen molar-refractivity contribution >= 4 is 5.91 Å². The lowest BCUT2D eigenvalue weighted by atomic mass is 10.0. The molecule has 1 heterocycles. The summed E-state index contributed by atoms with van der Waals surface area (Å²) in [6.07, 6.45) is 4.81. The van der Waals surface area contributed by atoms with Gasteiger partial charge in [-0.05, 0) is 43.2 Å². The SMILES string of the molecule is COc1cccc(-c2ncc(F)cn2)c1C(=O)N[C@H]1CCC[C@@H]1COc1ccc(F)cc1. The zero-order valence-electron chi connectivity index (χ0n) is 17.6. The lowest BCUT2D eigenvalue weighted by Gasteiger charge is -2.22. The minimum atomic E-state index is -0.558. The number of halogens is 2. The minimum absolute atomic E-state index is 0.0881. The summed E-state index contributed by atoms with van der Waals surface area (Å²) in [6.45, 7) is 0.413. The molecule has 166 valence electrons. The zero-order valence-corrected chi connectivity index (χ0v) is 17.6. The van der Waals surface area contributed by atoms with Gasteiger partial charge in [-0.15, -0.1) is 0 Å². The van der Waals surface area contributed by atoms with Gasteiger partial charge >= 0.3 is 0 Å². The summed E-state index contributed by atoms with van der Waals surface area (Å²) in [4.78, 5) is 21.3. The minimum Gasteiger partial charge on any atom is -0.496 e. The highest BCUT2D eigenvalue weighted by molar-refractivity contribution is 6.03. The number of hydrogen-bond donors (Lipinski definition) is 1. The summed E-state index contributed by atoms with van der Waals surface area (Å²) >= 11 is 0. The Hall–Kier alpha value is -3.55. The molecular formula is C24H23F2N3O3. The summed E-state index contributed by atoms with van der Waals surface area (Å²) in [7, 11) is 1.48. The van der Waals surface area contributed by atoms with Crippen molar-refractivity contribution in [2.45, 2.75) is 25.3 Å². The van der Waals surface area contributed by atoms with E-state index < -0.39 is 5.82 Å². The Morgan fingerprint density at radius 2 is 1.81 bits per heavy atom. The zero-order chi connectivity index (χ0) is 22.5. The lowest BCUT2D eigenvalue weighted by molar-refractivity contribution is 0.0916. The molecule has 1 amide bonds. The van der Waals surface area contributed by atoms with E-state index in [4.69, 9.17) is 9.47 Å². The van der Waals surface area contributed by atoms with Crippen molar-refractivity contribution in [3.8, 4) is 22.9 Å². The monoisotopic (exact) mass is 439 g/mol. The molecule has 0 unspecified atom stereocenters. The van der Waals surface area contributed by atoms with Crippen LogP contribution in [0.15, 0.2) is 54.9 Å². The molecule has 8 heteroatoms. The number of nitrogens with zero attached hydrogens (tertiary/aromatic N) is 2. The first-order valence-corrected chi connectivity index (χ1v) is 10.4. The second-order valence-electron chi connectivity index (χ2n) is 7.64. The fraction of sp³-hybridized carbons (Fsp3) is 0.292. The van der Waals surface area contributed by atoms with Gasteiger partial charge in [-0.3, -0.25) is 4.79 Å². The first-order chi connectivity index (χ1) is 15.5. The number of nitrogens with one attached hydrogen (secondary N) is 1. The number of hydrogen-bond acceptors (Lipinski definition) is 5. The first kappa shape index (κ1) is 21.7. The Labute approximate surface area is 184 Å². The Morgan fingerprint density at radius 3 is 2.53 bits per heavy atom. The molecule has 1 fully saturated rings. The maximum Gasteiger partial charge on any atom is 0.256 e. The van der Waals surface area contributed by atoms with E-state index in [0.29, 0.717) is 29.2 Å². The van der Waals surface area contributed by atoms with Crippen LogP contribution in [0, 0.1) is 17.6 Å². The van der Waals surface area contributed by atoms with Gasteiger partial charge in [-0.25, -0.2) is 18.7 Å². The highest BCUT2D eigenvalue weighted by atomic mass is 19.1. The third-order valence-electron chi connectivity index (χ3n) is 5.59. The summed E-state index contributed by atoms with van der Waals surface area (Å²) in [5.41, 5.74) is 0.755. The molecule has 0 saturated heterocycles. The van der Waals surface area contributed by atoms with Crippen LogP contribution < -0.4 is 14.8 Å². The average Bonchev–Trinajstić information content (AvgIpc) is 3.25. The maximum atomic E-state index is 13.3. The molecule has 1 aliphatic carbocycles. The number of amides is 1. The number of aromatic nitrogens is 2. The third kappa shape index (κ3) is 4.85. The molecule has 1 aromatic heterocycles. The van der Waals surface area contributed by atoms with Crippen molar-refractivity contribution < 1.29 is 23.0 Å². The fourth-order valence-corrected chi connectivity index (χ4v) is 3.97. The third-order valence-corrected chi connectivity index (χ3v) is 5.59. The van der Waals surface area contributed by atoms with Gasteiger partial charge in [0.2, 0.25) is 0 Å². The predicted octanol–water partition coefficient (Wildman–Crippen LogP) is 4.41. The molecule has 32 heavy (non-hydrogen) atoms. The number of methoxy groups -OCH3 is 1. The van der Waals surface area contributed by atoms with Crippen molar-refractivity contribution in [3.05, 3.63) is 72.1 Å². The summed E-state index contributed by atoms with van der Waals surface area (Å²) in [5, 5.41) is 3.10. The molecular weight excluding hydrogens is 416 g/mol. The first-order valence-electron chi connectivity index (χ1n) is 10.4. The topological polar surface area (TPSA) is 73.3 Å². The van der Waals surface area contributed by atoms with Crippen LogP contribution in [-0.2, 0) is 0 Å². The van der Waals surface area contributed by atoms with Crippen molar-refractivity contribution in [2.24, 2.45) is 5.92 Å². The van der Waals surface area contributed by atoms with E-state index >= 15 is 0 Å². The standard InChI is InChI=1S/C24H23F2N3O3/c1-31-21-7-3-5-19(23-27-12-17(26)13-28-23)22(21)24(30)29-20-6-2-4-15(20)14-32-18-10-8-16(25)9-11-18/h3,5,7-13,15,20H,2,4,6,14H2,1H3,(H,29,30)/t15-,20+/m1/s1. The van der Waals surface area contributed by atoms with Gasteiger partial charge in [0.25, 0.3) is 5.91 Å². The molecule has 3 aromatic rings. The van der Waals surface area contributed by atoms with Crippen LogP contribution in [0.25, 0.3) is 11.4 Å². The Kier molecular flexibility index (Phi) is 6.58. The lowest BCUT2D eigenvalue weighted by Crippen LogP contribution is -2.39. The Morgan fingerprint density at radius 1 is 1.06 bits per heavy atom. The van der Waals surface area contributed by atoms with E-state index in [1.807, 2.05) is 0 Å². The Balaban J connectivity index is 1.51. The predicted molar refractivity (Wildman–Crippen MR) is 114 cm³/mol. The second-order valence-corrected chi connectivity index (χ2v) is 7.64. The molecule has 0 spiro atoms. The maximum absolute atomic E-state index is 13.3. The van der Waals surface area contributed by atoms with Crippen molar-refractivity contribution in [1.82, 2.24) is 15.3 Å². The summed E-state index contributed by atoms with van der Waals surface area (Å²) in [6, 6.07) is 10.9. The van der Waals surface area contributed by atoms with Crippen LogP contribution in [0.1, 0.15) is 29.6 Å².